The Balaban J connectivity index is 1.95. The predicted octanol–water partition coefficient (Wildman–Crippen LogP) is 1.86. The molecule has 0 aliphatic heterocycles. The van der Waals surface area contributed by atoms with Gasteiger partial charge in [0.25, 0.3) is 5.91 Å². The van der Waals surface area contributed by atoms with Crippen LogP contribution in [0, 0.1) is 13.8 Å². The van der Waals surface area contributed by atoms with Gasteiger partial charge in [0.2, 0.25) is 0 Å². The molecule has 0 unspecified atom stereocenters. The molecule has 21 heavy (non-hydrogen) atoms. The van der Waals surface area contributed by atoms with Crippen molar-refractivity contribution in [2.75, 3.05) is 5.32 Å². The fourth-order valence-electron chi connectivity index (χ4n) is 2.06. The maximum Gasteiger partial charge on any atom is 0.259 e. The molecule has 0 aliphatic carbocycles. The minimum absolute atomic E-state index is 0.228. The van der Waals surface area contributed by atoms with Crippen LogP contribution in [0.2, 0.25) is 0 Å². The number of rotatable bonds is 3. The maximum absolute atomic E-state index is 12.3. The number of carbonyl (C=O) groups excluding carboxylic acids is 1. The van der Waals surface area contributed by atoms with Gasteiger partial charge in [0.15, 0.2) is 5.82 Å². The second-order valence-electron chi connectivity index (χ2n) is 4.58. The van der Waals surface area contributed by atoms with Gasteiger partial charge in [0, 0.05) is 24.3 Å². The van der Waals surface area contributed by atoms with Gasteiger partial charge in [-0.15, -0.1) is 0 Å². The second-order valence-corrected chi connectivity index (χ2v) is 4.58. The van der Waals surface area contributed by atoms with Gasteiger partial charge in [-0.1, -0.05) is 0 Å². The molecule has 7 heteroatoms. The van der Waals surface area contributed by atoms with Crippen molar-refractivity contribution >= 4 is 11.6 Å². The van der Waals surface area contributed by atoms with Gasteiger partial charge in [-0.3, -0.25) is 14.5 Å². The molecule has 7 nitrogen and oxygen atoms in total. The molecule has 3 aromatic heterocycles. The van der Waals surface area contributed by atoms with E-state index in [0.29, 0.717) is 17.1 Å². The monoisotopic (exact) mass is 282 g/mol. The van der Waals surface area contributed by atoms with E-state index in [0.717, 1.165) is 11.5 Å². The van der Waals surface area contributed by atoms with E-state index in [-0.39, 0.29) is 5.91 Å². The first-order valence-electron chi connectivity index (χ1n) is 6.43. The third-order valence-corrected chi connectivity index (χ3v) is 3.16. The van der Waals surface area contributed by atoms with Gasteiger partial charge < -0.3 is 5.32 Å². The standard InChI is InChI=1S/C14H14N6O/c1-9-11(8-17-19-9)14(21)18-12-4-3-5-16-13(12)20-7-6-15-10(20)2/h3-8H,1-2H3,(H,17,19)(H,18,21). The first kappa shape index (κ1) is 13.0. The van der Waals surface area contributed by atoms with Crippen LogP contribution in [0.25, 0.3) is 5.82 Å². The highest BCUT2D eigenvalue weighted by molar-refractivity contribution is 6.05. The van der Waals surface area contributed by atoms with Crippen LogP contribution in [-0.4, -0.2) is 30.6 Å². The van der Waals surface area contributed by atoms with E-state index >= 15 is 0 Å². The quantitative estimate of drug-likeness (QED) is 0.767. The number of anilines is 1. The lowest BCUT2D eigenvalue weighted by atomic mass is 10.2. The van der Waals surface area contributed by atoms with E-state index in [1.807, 2.05) is 11.5 Å². The number of nitrogens with one attached hydrogen (secondary N) is 2. The molecule has 0 saturated heterocycles. The Kier molecular flexibility index (Phi) is 3.23. The molecule has 2 N–H and O–H groups in total. The normalized spacial score (nSPS) is 10.6. The molecular formula is C14H14N6O. The summed E-state index contributed by atoms with van der Waals surface area (Å²) in [6, 6.07) is 3.57. The number of carbonyl (C=O) groups is 1. The average Bonchev–Trinajstić information content (AvgIpc) is 3.08. The molecule has 3 heterocycles. The summed E-state index contributed by atoms with van der Waals surface area (Å²) in [5.41, 5.74) is 1.84. The highest BCUT2D eigenvalue weighted by Crippen LogP contribution is 2.19. The summed E-state index contributed by atoms with van der Waals surface area (Å²) in [5.74, 6) is 1.19. The number of pyridine rings is 1. The van der Waals surface area contributed by atoms with Crippen molar-refractivity contribution < 1.29 is 4.79 Å². The van der Waals surface area contributed by atoms with E-state index in [1.165, 1.54) is 6.20 Å². The van der Waals surface area contributed by atoms with E-state index in [4.69, 9.17) is 0 Å². The molecule has 3 rings (SSSR count). The van der Waals surface area contributed by atoms with Crippen LogP contribution in [0.1, 0.15) is 21.9 Å². The van der Waals surface area contributed by atoms with Crippen LogP contribution in [0.4, 0.5) is 5.69 Å². The Morgan fingerprint density at radius 2 is 2.14 bits per heavy atom. The number of hydrogen-bond acceptors (Lipinski definition) is 4. The Labute approximate surface area is 121 Å². The maximum atomic E-state index is 12.3. The zero-order chi connectivity index (χ0) is 14.8. The highest BCUT2D eigenvalue weighted by atomic mass is 16.1. The number of amides is 1. The molecule has 106 valence electrons. The summed E-state index contributed by atoms with van der Waals surface area (Å²) in [6.45, 7) is 3.67. The van der Waals surface area contributed by atoms with Crippen molar-refractivity contribution in [1.82, 2.24) is 24.7 Å². The van der Waals surface area contributed by atoms with Gasteiger partial charge in [0.1, 0.15) is 5.82 Å². The van der Waals surface area contributed by atoms with Crippen LogP contribution in [0.3, 0.4) is 0 Å². The molecule has 0 fully saturated rings. The van der Waals surface area contributed by atoms with E-state index in [2.05, 4.69) is 25.5 Å². The number of H-pyrrole nitrogens is 1. The average molecular weight is 282 g/mol. The summed E-state index contributed by atoms with van der Waals surface area (Å²) >= 11 is 0. The van der Waals surface area contributed by atoms with E-state index in [1.54, 1.807) is 37.6 Å². The number of imidazole rings is 1. The lowest BCUT2D eigenvalue weighted by Gasteiger charge is -2.11. The minimum atomic E-state index is -0.228. The number of aromatic nitrogens is 5. The van der Waals surface area contributed by atoms with E-state index < -0.39 is 0 Å². The summed E-state index contributed by atoms with van der Waals surface area (Å²) in [6.07, 6.45) is 6.67. The van der Waals surface area contributed by atoms with Gasteiger partial charge in [-0.05, 0) is 26.0 Å². The summed E-state index contributed by atoms with van der Waals surface area (Å²) in [5, 5.41) is 9.46. The highest BCUT2D eigenvalue weighted by Gasteiger charge is 2.14. The van der Waals surface area contributed by atoms with Gasteiger partial charge >= 0.3 is 0 Å². The molecular weight excluding hydrogens is 268 g/mol. The molecule has 0 radical (unpaired) electrons. The van der Waals surface area contributed by atoms with Crippen molar-refractivity contribution in [2.45, 2.75) is 13.8 Å². The van der Waals surface area contributed by atoms with Crippen molar-refractivity contribution in [3.8, 4) is 5.82 Å². The third-order valence-electron chi connectivity index (χ3n) is 3.16. The molecule has 0 spiro atoms. The van der Waals surface area contributed by atoms with Crippen molar-refractivity contribution in [3.63, 3.8) is 0 Å². The Hall–Kier alpha value is -2.96. The fourth-order valence-corrected chi connectivity index (χ4v) is 2.06. The Morgan fingerprint density at radius 1 is 1.29 bits per heavy atom. The van der Waals surface area contributed by atoms with Crippen LogP contribution in [0.5, 0.6) is 0 Å². The van der Waals surface area contributed by atoms with Crippen molar-refractivity contribution in [1.29, 1.82) is 0 Å². The summed E-state index contributed by atoms with van der Waals surface area (Å²) < 4.78 is 1.82. The molecule has 0 saturated carbocycles. The van der Waals surface area contributed by atoms with Crippen LogP contribution in [0.15, 0.2) is 36.9 Å². The largest absolute Gasteiger partial charge is 0.319 e. The zero-order valence-corrected chi connectivity index (χ0v) is 11.7. The third kappa shape index (κ3) is 2.40. The van der Waals surface area contributed by atoms with Gasteiger partial charge in [-0.2, -0.15) is 5.10 Å². The molecule has 0 aromatic carbocycles. The lowest BCUT2D eigenvalue weighted by molar-refractivity contribution is 0.102. The van der Waals surface area contributed by atoms with Crippen molar-refractivity contribution in [2.24, 2.45) is 0 Å². The van der Waals surface area contributed by atoms with E-state index in [9.17, 15) is 4.79 Å². The smallest absolute Gasteiger partial charge is 0.259 e. The Bertz CT molecular complexity index is 788. The fraction of sp³-hybridized carbons (Fsp3) is 0.143. The number of aromatic amines is 1. The number of aryl methyl sites for hydroxylation is 2. The Morgan fingerprint density at radius 3 is 2.81 bits per heavy atom. The lowest BCUT2D eigenvalue weighted by Crippen LogP contribution is -2.15. The molecule has 0 bridgehead atoms. The van der Waals surface area contributed by atoms with Crippen LogP contribution < -0.4 is 5.32 Å². The second kappa shape index (κ2) is 5.20. The van der Waals surface area contributed by atoms with Crippen molar-refractivity contribution in [3.05, 3.63) is 54.0 Å². The van der Waals surface area contributed by atoms with Crippen LogP contribution >= 0.6 is 0 Å². The van der Waals surface area contributed by atoms with Gasteiger partial charge in [-0.25, -0.2) is 9.97 Å². The first-order valence-corrected chi connectivity index (χ1v) is 6.43. The molecule has 0 aliphatic rings. The molecule has 3 aromatic rings. The predicted molar refractivity (Wildman–Crippen MR) is 77.4 cm³/mol. The summed E-state index contributed by atoms with van der Waals surface area (Å²) in [4.78, 5) is 20.8. The van der Waals surface area contributed by atoms with Crippen LogP contribution in [-0.2, 0) is 0 Å². The number of nitrogens with zero attached hydrogens (tertiary/aromatic N) is 4. The summed E-state index contributed by atoms with van der Waals surface area (Å²) in [7, 11) is 0. The molecule has 0 atom stereocenters. The zero-order valence-electron chi connectivity index (χ0n) is 11.7. The number of hydrogen-bond donors (Lipinski definition) is 2. The topological polar surface area (TPSA) is 88.5 Å². The van der Waals surface area contributed by atoms with Gasteiger partial charge in [0.05, 0.1) is 17.4 Å². The first-order chi connectivity index (χ1) is 10.2. The molecule has 1 amide bonds. The SMILES string of the molecule is Cc1[nH]ncc1C(=O)Nc1cccnc1-n1ccnc1C. The minimum Gasteiger partial charge on any atom is -0.319 e.